The van der Waals surface area contributed by atoms with E-state index in [0.29, 0.717) is 0 Å². The van der Waals surface area contributed by atoms with Gasteiger partial charge in [-0.1, -0.05) is 29.8 Å². The van der Waals surface area contributed by atoms with Gasteiger partial charge in [-0.3, -0.25) is 4.90 Å². The summed E-state index contributed by atoms with van der Waals surface area (Å²) < 4.78 is 0. The zero-order chi connectivity index (χ0) is 14.7. The number of anilines is 2. The third-order valence-electron chi connectivity index (χ3n) is 4.12. The molecule has 0 atom stereocenters. The molecule has 0 spiro atoms. The van der Waals surface area contributed by atoms with Crippen molar-refractivity contribution in [2.45, 2.75) is 13.5 Å². The van der Waals surface area contributed by atoms with Gasteiger partial charge in [0.05, 0.1) is 0 Å². The molecule has 21 heavy (non-hydrogen) atoms. The average Bonchev–Trinajstić information content (AvgIpc) is 2.49. The Balaban J connectivity index is 1.56. The molecule has 0 saturated carbocycles. The van der Waals surface area contributed by atoms with Crippen LogP contribution < -0.4 is 10.6 Å². The van der Waals surface area contributed by atoms with E-state index in [1.54, 1.807) is 0 Å². The molecule has 1 aliphatic rings. The molecule has 1 heterocycles. The van der Waals surface area contributed by atoms with Crippen molar-refractivity contribution in [3.05, 3.63) is 59.7 Å². The lowest BCUT2D eigenvalue weighted by Gasteiger charge is -2.36. The Labute approximate surface area is 127 Å². The zero-order valence-corrected chi connectivity index (χ0v) is 12.6. The predicted octanol–water partition coefficient (Wildman–Crippen LogP) is 2.90. The molecule has 0 bridgehead atoms. The molecule has 3 nitrogen and oxygen atoms in total. The minimum absolute atomic E-state index is 0.830. The van der Waals surface area contributed by atoms with Gasteiger partial charge < -0.3 is 10.6 Å². The second kappa shape index (κ2) is 6.19. The molecule has 1 saturated heterocycles. The molecule has 0 aliphatic carbocycles. The van der Waals surface area contributed by atoms with Crippen LogP contribution >= 0.6 is 0 Å². The summed E-state index contributed by atoms with van der Waals surface area (Å²) in [6.07, 6.45) is 0. The Morgan fingerprint density at radius 3 is 2.33 bits per heavy atom. The van der Waals surface area contributed by atoms with Crippen LogP contribution in [0.3, 0.4) is 0 Å². The molecule has 2 aromatic rings. The SMILES string of the molecule is Cc1cccc(CN2CCN(c3ccc(N)cc3)CC2)c1. The van der Waals surface area contributed by atoms with Gasteiger partial charge in [0, 0.05) is 44.1 Å². The van der Waals surface area contributed by atoms with Crippen molar-refractivity contribution in [3.8, 4) is 0 Å². The number of nitrogen functional groups attached to an aromatic ring is 1. The highest BCUT2D eigenvalue weighted by Crippen LogP contribution is 2.19. The molecule has 0 aromatic heterocycles. The molecule has 3 heteroatoms. The Bertz CT molecular complexity index is 584. The minimum atomic E-state index is 0.830. The molecule has 1 aliphatic heterocycles. The highest BCUT2D eigenvalue weighted by Gasteiger charge is 2.17. The van der Waals surface area contributed by atoms with Crippen LogP contribution in [0, 0.1) is 6.92 Å². The van der Waals surface area contributed by atoms with Crippen molar-refractivity contribution >= 4 is 11.4 Å². The minimum Gasteiger partial charge on any atom is -0.399 e. The summed E-state index contributed by atoms with van der Waals surface area (Å²) in [5, 5.41) is 0. The van der Waals surface area contributed by atoms with Gasteiger partial charge in [-0.2, -0.15) is 0 Å². The smallest absolute Gasteiger partial charge is 0.0368 e. The lowest BCUT2D eigenvalue weighted by molar-refractivity contribution is 0.250. The summed E-state index contributed by atoms with van der Waals surface area (Å²) in [4.78, 5) is 4.97. The van der Waals surface area contributed by atoms with Crippen LogP contribution in [-0.4, -0.2) is 31.1 Å². The molecule has 2 aromatic carbocycles. The lowest BCUT2D eigenvalue weighted by Crippen LogP contribution is -2.45. The fraction of sp³-hybridized carbons (Fsp3) is 0.333. The van der Waals surface area contributed by atoms with Gasteiger partial charge in [0.2, 0.25) is 0 Å². The van der Waals surface area contributed by atoms with E-state index in [1.165, 1.54) is 16.8 Å². The maximum Gasteiger partial charge on any atom is 0.0368 e. The molecule has 110 valence electrons. The molecule has 3 rings (SSSR count). The van der Waals surface area contributed by atoms with Gasteiger partial charge in [-0.05, 0) is 36.8 Å². The highest BCUT2D eigenvalue weighted by molar-refractivity contribution is 5.53. The quantitative estimate of drug-likeness (QED) is 0.878. The van der Waals surface area contributed by atoms with Crippen molar-refractivity contribution in [1.82, 2.24) is 4.90 Å². The third kappa shape index (κ3) is 3.56. The van der Waals surface area contributed by atoms with Gasteiger partial charge in [0.1, 0.15) is 0 Å². The van der Waals surface area contributed by atoms with E-state index >= 15 is 0 Å². The maximum absolute atomic E-state index is 5.75. The first-order valence-electron chi connectivity index (χ1n) is 7.59. The standard InChI is InChI=1S/C18H23N3/c1-15-3-2-4-16(13-15)14-20-9-11-21(12-10-20)18-7-5-17(19)6-8-18/h2-8,13H,9-12,14,19H2,1H3. The molecular weight excluding hydrogens is 258 g/mol. The monoisotopic (exact) mass is 281 g/mol. The average molecular weight is 281 g/mol. The summed E-state index contributed by atoms with van der Waals surface area (Å²) in [5.74, 6) is 0. The van der Waals surface area contributed by atoms with Crippen molar-refractivity contribution in [3.63, 3.8) is 0 Å². The largest absolute Gasteiger partial charge is 0.399 e. The van der Waals surface area contributed by atoms with Gasteiger partial charge in [-0.25, -0.2) is 0 Å². The van der Waals surface area contributed by atoms with E-state index in [-0.39, 0.29) is 0 Å². The summed E-state index contributed by atoms with van der Waals surface area (Å²) in [7, 11) is 0. The fourth-order valence-electron chi connectivity index (χ4n) is 2.92. The summed E-state index contributed by atoms with van der Waals surface area (Å²) >= 11 is 0. The van der Waals surface area contributed by atoms with Crippen LogP contribution in [-0.2, 0) is 6.54 Å². The van der Waals surface area contributed by atoms with Crippen LogP contribution in [0.2, 0.25) is 0 Å². The first-order valence-corrected chi connectivity index (χ1v) is 7.59. The molecule has 1 fully saturated rings. The van der Waals surface area contributed by atoms with Crippen LogP contribution in [0.15, 0.2) is 48.5 Å². The Hall–Kier alpha value is -2.00. The van der Waals surface area contributed by atoms with Gasteiger partial charge in [0.25, 0.3) is 0 Å². The molecule has 0 amide bonds. The van der Waals surface area contributed by atoms with Crippen molar-refractivity contribution in [2.24, 2.45) is 0 Å². The number of hydrogen-bond donors (Lipinski definition) is 1. The van der Waals surface area contributed by atoms with Gasteiger partial charge >= 0.3 is 0 Å². The van der Waals surface area contributed by atoms with E-state index in [0.717, 1.165) is 38.4 Å². The van der Waals surface area contributed by atoms with Gasteiger partial charge in [-0.15, -0.1) is 0 Å². The van der Waals surface area contributed by atoms with E-state index in [4.69, 9.17) is 5.73 Å². The topological polar surface area (TPSA) is 32.5 Å². The molecule has 0 unspecified atom stereocenters. The molecule has 0 radical (unpaired) electrons. The first kappa shape index (κ1) is 14.0. The van der Waals surface area contributed by atoms with Crippen LogP contribution in [0.25, 0.3) is 0 Å². The van der Waals surface area contributed by atoms with Crippen LogP contribution in [0.1, 0.15) is 11.1 Å². The van der Waals surface area contributed by atoms with E-state index < -0.39 is 0 Å². The number of piperazine rings is 1. The number of nitrogens with zero attached hydrogens (tertiary/aromatic N) is 2. The summed E-state index contributed by atoms with van der Waals surface area (Å²) in [6.45, 7) is 7.59. The van der Waals surface area contributed by atoms with E-state index in [2.05, 4.69) is 53.1 Å². The Kier molecular flexibility index (Phi) is 4.11. The Morgan fingerprint density at radius 2 is 1.67 bits per heavy atom. The van der Waals surface area contributed by atoms with Crippen LogP contribution in [0.4, 0.5) is 11.4 Å². The Morgan fingerprint density at radius 1 is 0.952 bits per heavy atom. The second-order valence-electron chi connectivity index (χ2n) is 5.84. The van der Waals surface area contributed by atoms with Crippen LogP contribution in [0.5, 0.6) is 0 Å². The zero-order valence-electron chi connectivity index (χ0n) is 12.6. The number of hydrogen-bond acceptors (Lipinski definition) is 3. The summed E-state index contributed by atoms with van der Waals surface area (Å²) in [6, 6.07) is 17.0. The van der Waals surface area contributed by atoms with Crippen molar-refractivity contribution < 1.29 is 0 Å². The van der Waals surface area contributed by atoms with E-state index in [1.807, 2.05) is 12.1 Å². The van der Waals surface area contributed by atoms with E-state index in [9.17, 15) is 0 Å². The molecular formula is C18H23N3. The predicted molar refractivity (Wildman–Crippen MR) is 89.5 cm³/mol. The number of nitrogens with two attached hydrogens (primary N) is 1. The second-order valence-corrected chi connectivity index (χ2v) is 5.84. The number of rotatable bonds is 3. The number of benzene rings is 2. The highest BCUT2D eigenvalue weighted by atomic mass is 15.3. The lowest BCUT2D eigenvalue weighted by atomic mass is 10.1. The normalized spacial score (nSPS) is 16.1. The van der Waals surface area contributed by atoms with Crippen molar-refractivity contribution in [1.29, 1.82) is 0 Å². The number of aryl methyl sites for hydroxylation is 1. The maximum atomic E-state index is 5.75. The third-order valence-corrected chi connectivity index (χ3v) is 4.12. The fourth-order valence-corrected chi connectivity index (χ4v) is 2.92. The first-order chi connectivity index (χ1) is 10.2. The van der Waals surface area contributed by atoms with Crippen molar-refractivity contribution in [2.75, 3.05) is 36.8 Å². The summed E-state index contributed by atoms with van der Waals surface area (Å²) in [5.41, 5.74) is 10.6. The van der Waals surface area contributed by atoms with Gasteiger partial charge in [0.15, 0.2) is 0 Å². The molecule has 2 N–H and O–H groups in total.